The summed E-state index contributed by atoms with van der Waals surface area (Å²) in [5.41, 5.74) is 0.435. The van der Waals surface area contributed by atoms with Crippen LogP contribution in [0.25, 0.3) is 10.1 Å². The van der Waals surface area contributed by atoms with E-state index in [0.29, 0.717) is 11.6 Å². The van der Waals surface area contributed by atoms with E-state index in [1.54, 1.807) is 11.3 Å². The molecule has 0 bridgehead atoms. The van der Waals surface area contributed by atoms with Crippen LogP contribution in [0.5, 0.6) is 0 Å². The molecule has 5 heteroatoms. The number of fused-ring (bicyclic) bond motifs is 1. The van der Waals surface area contributed by atoms with Gasteiger partial charge < -0.3 is 5.32 Å². The molecule has 1 aromatic heterocycles. The number of benzene rings is 2. The first kappa shape index (κ1) is 14.3. The molecule has 0 saturated heterocycles. The van der Waals surface area contributed by atoms with Crippen molar-refractivity contribution in [3.05, 3.63) is 63.5 Å². The monoisotopic (exact) mass is 323 g/mol. The van der Waals surface area contributed by atoms with Gasteiger partial charge in [0.1, 0.15) is 11.6 Å². The average Bonchev–Trinajstić information content (AvgIpc) is 2.79. The molecule has 1 heterocycles. The van der Waals surface area contributed by atoms with Crippen LogP contribution in [0.4, 0.5) is 14.5 Å². The van der Waals surface area contributed by atoms with E-state index < -0.39 is 11.6 Å². The Morgan fingerprint density at radius 1 is 1.14 bits per heavy atom. The summed E-state index contributed by atoms with van der Waals surface area (Å²) in [6.07, 6.45) is 0. The second kappa shape index (κ2) is 5.62. The first-order valence-electron chi connectivity index (χ1n) is 6.41. The van der Waals surface area contributed by atoms with E-state index in [0.717, 1.165) is 15.0 Å². The number of thiophene rings is 1. The Balaban J connectivity index is 1.87. The van der Waals surface area contributed by atoms with Crippen LogP contribution in [0.15, 0.2) is 36.4 Å². The molecule has 3 aromatic rings. The summed E-state index contributed by atoms with van der Waals surface area (Å²) < 4.78 is 28.4. The molecule has 108 valence electrons. The first-order valence-corrected chi connectivity index (χ1v) is 7.61. The molecule has 0 aliphatic rings. The quantitative estimate of drug-likeness (QED) is 0.646. The molecule has 0 saturated carbocycles. The Morgan fingerprint density at radius 3 is 2.67 bits per heavy atom. The van der Waals surface area contributed by atoms with Crippen LogP contribution in [0.1, 0.15) is 10.4 Å². The Labute approximate surface area is 130 Å². The van der Waals surface area contributed by atoms with Crippen LogP contribution in [0.2, 0.25) is 5.02 Å². The largest absolute Gasteiger partial charge is 0.378 e. The average molecular weight is 324 g/mol. The van der Waals surface area contributed by atoms with E-state index >= 15 is 0 Å². The van der Waals surface area contributed by atoms with Crippen LogP contribution in [-0.2, 0) is 6.54 Å². The number of nitrogens with one attached hydrogen (secondary N) is 1. The number of aryl methyl sites for hydroxylation is 1. The van der Waals surface area contributed by atoms with Gasteiger partial charge in [0.2, 0.25) is 0 Å². The fourth-order valence-corrected chi connectivity index (χ4v) is 3.58. The van der Waals surface area contributed by atoms with Crippen molar-refractivity contribution in [2.75, 3.05) is 5.32 Å². The summed E-state index contributed by atoms with van der Waals surface area (Å²) in [6, 6.07) is 10.2. The number of rotatable bonds is 3. The van der Waals surface area contributed by atoms with Gasteiger partial charge in [0.05, 0.1) is 17.3 Å². The van der Waals surface area contributed by atoms with Crippen LogP contribution < -0.4 is 5.32 Å². The molecule has 21 heavy (non-hydrogen) atoms. The van der Waals surface area contributed by atoms with Crippen molar-refractivity contribution in [1.29, 1.82) is 0 Å². The lowest BCUT2D eigenvalue weighted by Gasteiger charge is -2.08. The SMILES string of the molecule is Cc1cc(F)c(NCc2sc3ccccc3c2Cl)cc1F. The highest BCUT2D eigenvalue weighted by Crippen LogP contribution is 2.35. The Kier molecular flexibility index (Phi) is 3.83. The molecule has 0 aliphatic heterocycles. The zero-order valence-corrected chi connectivity index (χ0v) is 12.8. The second-order valence-corrected chi connectivity index (χ2v) is 6.28. The Hall–Kier alpha value is -1.65. The lowest BCUT2D eigenvalue weighted by molar-refractivity contribution is 0.594. The van der Waals surface area contributed by atoms with Crippen molar-refractivity contribution >= 4 is 38.7 Å². The highest BCUT2D eigenvalue weighted by Gasteiger charge is 2.11. The number of hydrogen-bond donors (Lipinski definition) is 1. The van der Waals surface area contributed by atoms with Crippen molar-refractivity contribution in [2.24, 2.45) is 0 Å². The van der Waals surface area contributed by atoms with Gasteiger partial charge in [-0.05, 0) is 24.6 Å². The molecule has 0 radical (unpaired) electrons. The molecular formula is C16H12ClF2NS. The maximum absolute atomic E-state index is 13.8. The minimum absolute atomic E-state index is 0.145. The third-order valence-electron chi connectivity index (χ3n) is 3.29. The maximum Gasteiger partial charge on any atom is 0.146 e. The van der Waals surface area contributed by atoms with Gasteiger partial charge in [0.15, 0.2) is 0 Å². The van der Waals surface area contributed by atoms with E-state index in [1.165, 1.54) is 19.1 Å². The van der Waals surface area contributed by atoms with Crippen LogP contribution in [0, 0.1) is 18.6 Å². The molecule has 1 N–H and O–H groups in total. The Morgan fingerprint density at radius 2 is 1.90 bits per heavy atom. The predicted molar refractivity (Wildman–Crippen MR) is 85.3 cm³/mol. The molecule has 0 atom stereocenters. The predicted octanol–water partition coefficient (Wildman–Crippen LogP) is 5.75. The van der Waals surface area contributed by atoms with Gasteiger partial charge in [-0.2, -0.15) is 0 Å². The first-order chi connectivity index (χ1) is 10.1. The summed E-state index contributed by atoms with van der Waals surface area (Å²) in [4.78, 5) is 0.901. The topological polar surface area (TPSA) is 12.0 Å². The van der Waals surface area contributed by atoms with Gasteiger partial charge >= 0.3 is 0 Å². The molecule has 0 aliphatic carbocycles. The van der Waals surface area contributed by atoms with E-state index in [4.69, 9.17) is 11.6 Å². The molecule has 0 fully saturated rings. The number of halogens is 3. The normalized spacial score (nSPS) is 11.0. The highest BCUT2D eigenvalue weighted by molar-refractivity contribution is 7.19. The minimum Gasteiger partial charge on any atom is -0.378 e. The Bertz CT molecular complexity index is 813. The molecule has 0 amide bonds. The third kappa shape index (κ3) is 2.74. The zero-order valence-electron chi connectivity index (χ0n) is 11.2. The number of anilines is 1. The maximum atomic E-state index is 13.8. The van der Waals surface area contributed by atoms with Crippen molar-refractivity contribution in [3.63, 3.8) is 0 Å². The fourth-order valence-electron chi connectivity index (χ4n) is 2.14. The van der Waals surface area contributed by atoms with Crippen molar-refractivity contribution in [3.8, 4) is 0 Å². The second-order valence-electron chi connectivity index (χ2n) is 4.77. The molecule has 2 aromatic carbocycles. The van der Waals surface area contributed by atoms with Crippen molar-refractivity contribution in [1.82, 2.24) is 0 Å². The van der Waals surface area contributed by atoms with E-state index in [1.807, 2.05) is 24.3 Å². The van der Waals surface area contributed by atoms with E-state index in [9.17, 15) is 8.78 Å². The summed E-state index contributed by atoms with van der Waals surface area (Å²) in [5, 5.41) is 4.56. The molecular weight excluding hydrogens is 312 g/mol. The van der Waals surface area contributed by atoms with Gasteiger partial charge in [-0.15, -0.1) is 11.3 Å². The summed E-state index contributed by atoms with van der Waals surface area (Å²) in [7, 11) is 0. The zero-order chi connectivity index (χ0) is 15.0. The summed E-state index contributed by atoms with van der Waals surface area (Å²) in [6.45, 7) is 1.89. The molecule has 0 spiro atoms. The smallest absolute Gasteiger partial charge is 0.146 e. The van der Waals surface area contributed by atoms with Crippen LogP contribution in [0.3, 0.4) is 0 Å². The van der Waals surface area contributed by atoms with Gasteiger partial charge in [-0.1, -0.05) is 29.8 Å². The third-order valence-corrected chi connectivity index (χ3v) is 5.00. The fraction of sp³-hybridized carbons (Fsp3) is 0.125. The van der Waals surface area contributed by atoms with Gasteiger partial charge in [0, 0.05) is 21.0 Å². The highest BCUT2D eigenvalue weighted by atomic mass is 35.5. The molecule has 3 rings (SSSR count). The van der Waals surface area contributed by atoms with E-state index in [-0.39, 0.29) is 11.3 Å². The van der Waals surface area contributed by atoms with Crippen molar-refractivity contribution in [2.45, 2.75) is 13.5 Å². The van der Waals surface area contributed by atoms with E-state index in [2.05, 4.69) is 5.32 Å². The van der Waals surface area contributed by atoms with Gasteiger partial charge in [-0.3, -0.25) is 0 Å². The summed E-state index contributed by atoms with van der Waals surface area (Å²) in [5.74, 6) is -0.896. The molecule has 0 unspecified atom stereocenters. The van der Waals surface area contributed by atoms with Crippen LogP contribution >= 0.6 is 22.9 Å². The standard InChI is InChI=1S/C16H12ClF2NS/c1-9-6-12(19)13(7-11(9)18)20-8-15-16(17)10-4-2-3-5-14(10)21-15/h2-7,20H,8H2,1H3. The summed E-state index contributed by atoms with van der Waals surface area (Å²) >= 11 is 7.87. The van der Waals surface area contributed by atoms with Crippen LogP contribution in [-0.4, -0.2) is 0 Å². The lowest BCUT2D eigenvalue weighted by atomic mass is 10.2. The number of hydrogen-bond acceptors (Lipinski definition) is 2. The lowest BCUT2D eigenvalue weighted by Crippen LogP contribution is -2.01. The van der Waals surface area contributed by atoms with Gasteiger partial charge in [0.25, 0.3) is 0 Å². The van der Waals surface area contributed by atoms with Crippen molar-refractivity contribution < 1.29 is 8.78 Å². The molecule has 1 nitrogen and oxygen atoms in total. The van der Waals surface area contributed by atoms with Gasteiger partial charge in [-0.25, -0.2) is 8.78 Å². The minimum atomic E-state index is -0.467.